The highest BCUT2D eigenvalue weighted by molar-refractivity contribution is 5.56. The first-order valence-corrected chi connectivity index (χ1v) is 5.70. The van der Waals surface area contributed by atoms with Gasteiger partial charge in [0, 0.05) is 37.7 Å². The number of anilines is 1. The minimum Gasteiger partial charge on any atom is -0.378 e. The van der Waals surface area contributed by atoms with Crippen LogP contribution in [0.2, 0.25) is 0 Å². The Morgan fingerprint density at radius 3 is 2.72 bits per heavy atom. The van der Waals surface area contributed by atoms with Gasteiger partial charge in [-0.05, 0) is 19.1 Å². The average molecular weight is 244 g/mol. The zero-order chi connectivity index (χ0) is 13.0. The van der Waals surface area contributed by atoms with E-state index in [2.05, 4.69) is 20.3 Å². The number of hydrogen-bond donors (Lipinski definition) is 1. The molecule has 0 amide bonds. The summed E-state index contributed by atoms with van der Waals surface area (Å²) in [5, 5.41) is 3.02. The first kappa shape index (κ1) is 12.4. The van der Waals surface area contributed by atoms with Crippen molar-refractivity contribution in [3.8, 4) is 11.4 Å². The molecule has 5 nitrogen and oxygen atoms in total. The highest BCUT2D eigenvalue weighted by Crippen LogP contribution is 2.17. The van der Waals surface area contributed by atoms with Crippen molar-refractivity contribution in [2.24, 2.45) is 0 Å². The number of hydrogen-bond acceptors (Lipinski definition) is 5. The Morgan fingerprint density at radius 2 is 2.11 bits per heavy atom. The Kier molecular flexibility index (Phi) is 3.84. The maximum Gasteiger partial charge on any atom is 0.163 e. The van der Waals surface area contributed by atoms with E-state index in [-0.39, 0.29) is 0 Å². The van der Waals surface area contributed by atoms with Crippen molar-refractivity contribution in [1.29, 1.82) is 0 Å². The van der Waals surface area contributed by atoms with Crippen molar-refractivity contribution in [3.05, 3.63) is 35.8 Å². The number of ether oxygens (including phenoxy) is 1. The van der Waals surface area contributed by atoms with Gasteiger partial charge in [-0.25, -0.2) is 9.97 Å². The number of nitrogens with one attached hydrogen (secondary N) is 1. The van der Waals surface area contributed by atoms with Gasteiger partial charge in [0.1, 0.15) is 5.82 Å². The molecule has 0 aliphatic rings. The molecule has 0 bridgehead atoms. The molecular formula is C13H16N4O. The maximum atomic E-state index is 5.10. The van der Waals surface area contributed by atoms with Gasteiger partial charge in [-0.1, -0.05) is 0 Å². The highest BCUT2D eigenvalue weighted by atomic mass is 16.5. The molecule has 0 saturated heterocycles. The van der Waals surface area contributed by atoms with Crippen molar-refractivity contribution in [1.82, 2.24) is 15.0 Å². The van der Waals surface area contributed by atoms with Crippen LogP contribution in [0.15, 0.2) is 24.4 Å². The summed E-state index contributed by atoms with van der Waals surface area (Å²) in [7, 11) is 3.48. The van der Waals surface area contributed by atoms with Crippen molar-refractivity contribution in [3.63, 3.8) is 0 Å². The smallest absolute Gasteiger partial charge is 0.163 e. The minimum atomic E-state index is 0.462. The van der Waals surface area contributed by atoms with E-state index in [0.29, 0.717) is 12.4 Å². The molecule has 2 aromatic rings. The molecule has 0 atom stereocenters. The van der Waals surface area contributed by atoms with E-state index in [1.165, 1.54) is 0 Å². The molecule has 0 aliphatic carbocycles. The number of aryl methyl sites for hydroxylation is 1. The molecule has 0 fully saturated rings. The SMILES string of the molecule is CNc1cc(COC)nc(-c2ccc(C)nc2)n1. The van der Waals surface area contributed by atoms with Gasteiger partial charge >= 0.3 is 0 Å². The molecule has 2 rings (SSSR count). The summed E-state index contributed by atoms with van der Waals surface area (Å²) in [6, 6.07) is 5.78. The fourth-order valence-electron chi connectivity index (χ4n) is 1.58. The monoisotopic (exact) mass is 244 g/mol. The lowest BCUT2D eigenvalue weighted by atomic mass is 10.2. The molecule has 0 radical (unpaired) electrons. The Balaban J connectivity index is 2.42. The number of nitrogens with zero attached hydrogens (tertiary/aromatic N) is 3. The quantitative estimate of drug-likeness (QED) is 0.891. The van der Waals surface area contributed by atoms with E-state index in [9.17, 15) is 0 Å². The fraction of sp³-hybridized carbons (Fsp3) is 0.308. The fourth-order valence-corrected chi connectivity index (χ4v) is 1.58. The van der Waals surface area contributed by atoms with Gasteiger partial charge in [0.25, 0.3) is 0 Å². The standard InChI is InChI=1S/C13H16N4O/c1-9-4-5-10(7-15-9)13-16-11(8-18-3)6-12(14-2)17-13/h4-7H,8H2,1-3H3,(H,14,16,17). The molecule has 0 saturated carbocycles. The first-order valence-electron chi connectivity index (χ1n) is 5.70. The first-order chi connectivity index (χ1) is 8.72. The second kappa shape index (κ2) is 5.55. The number of rotatable bonds is 4. The average Bonchev–Trinajstić information content (AvgIpc) is 2.39. The lowest BCUT2D eigenvalue weighted by Gasteiger charge is -2.07. The van der Waals surface area contributed by atoms with E-state index in [1.807, 2.05) is 32.2 Å². The van der Waals surface area contributed by atoms with Gasteiger partial charge in [0.15, 0.2) is 5.82 Å². The van der Waals surface area contributed by atoms with Crippen LogP contribution in [0.5, 0.6) is 0 Å². The third-order valence-corrected chi connectivity index (χ3v) is 2.50. The van der Waals surface area contributed by atoms with E-state index >= 15 is 0 Å². The maximum absolute atomic E-state index is 5.10. The molecular weight excluding hydrogens is 228 g/mol. The van der Waals surface area contributed by atoms with Crippen molar-refractivity contribution in [2.45, 2.75) is 13.5 Å². The van der Waals surface area contributed by atoms with Gasteiger partial charge in [-0.15, -0.1) is 0 Å². The van der Waals surface area contributed by atoms with Crippen LogP contribution in [0.25, 0.3) is 11.4 Å². The summed E-state index contributed by atoms with van der Waals surface area (Å²) < 4.78 is 5.10. The van der Waals surface area contributed by atoms with Crippen LogP contribution in [0.4, 0.5) is 5.82 Å². The summed E-state index contributed by atoms with van der Waals surface area (Å²) >= 11 is 0. The molecule has 94 valence electrons. The Bertz CT molecular complexity index is 525. The van der Waals surface area contributed by atoms with Crippen LogP contribution in [-0.4, -0.2) is 29.1 Å². The van der Waals surface area contributed by atoms with Crippen molar-refractivity contribution < 1.29 is 4.74 Å². The Labute approximate surface area is 106 Å². The van der Waals surface area contributed by atoms with E-state index < -0.39 is 0 Å². The minimum absolute atomic E-state index is 0.462. The topological polar surface area (TPSA) is 59.9 Å². The van der Waals surface area contributed by atoms with E-state index in [4.69, 9.17) is 4.74 Å². The summed E-state index contributed by atoms with van der Waals surface area (Å²) in [6.45, 7) is 2.41. The Hall–Kier alpha value is -2.01. The molecule has 0 aliphatic heterocycles. The van der Waals surface area contributed by atoms with Crippen LogP contribution in [0, 0.1) is 6.92 Å². The molecule has 2 heterocycles. The lowest BCUT2D eigenvalue weighted by Crippen LogP contribution is -2.02. The van der Waals surface area contributed by atoms with Crippen molar-refractivity contribution in [2.75, 3.05) is 19.5 Å². The summed E-state index contributed by atoms with van der Waals surface area (Å²) in [6.07, 6.45) is 1.78. The second-order valence-corrected chi connectivity index (χ2v) is 3.94. The van der Waals surface area contributed by atoms with Crippen molar-refractivity contribution >= 4 is 5.82 Å². The van der Waals surface area contributed by atoms with Gasteiger partial charge < -0.3 is 10.1 Å². The molecule has 18 heavy (non-hydrogen) atoms. The highest BCUT2D eigenvalue weighted by Gasteiger charge is 2.06. The van der Waals surface area contributed by atoms with Crippen LogP contribution in [-0.2, 0) is 11.3 Å². The Morgan fingerprint density at radius 1 is 1.28 bits per heavy atom. The summed E-state index contributed by atoms with van der Waals surface area (Å²) in [5.74, 6) is 1.43. The van der Waals surface area contributed by atoms with Crippen LogP contribution >= 0.6 is 0 Å². The normalized spacial score (nSPS) is 10.4. The zero-order valence-corrected chi connectivity index (χ0v) is 10.8. The largest absolute Gasteiger partial charge is 0.378 e. The summed E-state index contributed by atoms with van der Waals surface area (Å²) in [5.41, 5.74) is 2.71. The molecule has 0 unspecified atom stereocenters. The van der Waals surface area contributed by atoms with Crippen LogP contribution in [0.1, 0.15) is 11.4 Å². The third-order valence-electron chi connectivity index (χ3n) is 2.50. The molecule has 2 aromatic heterocycles. The molecule has 0 aromatic carbocycles. The number of pyridine rings is 1. The third kappa shape index (κ3) is 2.81. The predicted octanol–water partition coefficient (Wildman–Crippen LogP) is 2.04. The number of methoxy groups -OCH3 is 1. The van der Waals surface area contributed by atoms with Gasteiger partial charge in [0.2, 0.25) is 0 Å². The molecule has 1 N–H and O–H groups in total. The van der Waals surface area contributed by atoms with Crippen LogP contribution < -0.4 is 5.32 Å². The van der Waals surface area contributed by atoms with Gasteiger partial charge in [-0.2, -0.15) is 0 Å². The number of aromatic nitrogens is 3. The lowest BCUT2D eigenvalue weighted by molar-refractivity contribution is 0.181. The predicted molar refractivity (Wildman–Crippen MR) is 70.3 cm³/mol. The molecule has 5 heteroatoms. The zero-order valence-electron chi connectivity index (χ0n) is 10.8. The van der Waals surface area contributed by atoms with E-state index in [1.54, 1.807) is 13.3 Å². The van der Waals surface area contributed by atoms with Crippen LogP contribution in [0.3, 0.4) is 0 Å². The van der Waals surface area contributed by atoms with E-state index in [0.717, 1.165) is 22.8 Å². The molecule has 0 spiro atoms. The van der Waals surface area contributed by atoms with Gasteiger partial charge in [0.05, 0.1) is 12.3 Å². The second-order valence-electron chi connectivity index (χ2n) is 3.94. The summed E-state index contributed by atoms with van der Waals surface area (Å²) in [4.78, 5) is 13.1. The van der Waals surface area contributed by atoms with Gasteiger partial charge in [-0.3, -0.25) is 4.98 Å².